The largest absolute Gasteiger partial charge is 0.493 e. The predicted molar refractivity (Wildman–Crippen MR) is 122 cm³/mol. The number of nitrogens with one attached hydrogen (secondary N) is 1. The molecule has 1 saturated heterocycles. The molecule has 180 valence electrons. The second kappa shape index (κ2) is 11.5. The van der Waals surface area contributed by atoms with Crippen LogP contribution >= 0.6 is 0 Å². The Labute approximate surface area is 194 Å². The van der Waals surface area contributed by atoms with Gasteiger partial charge in [0, 0.05) is 25.8 Å². The standard InChI is InChI=1S/C23H30N2O7S/c1-17(18-7-8-21(22(16-18)30-3)32-14-13-29-2)24-23(26)19-5-4-6-20(15-19)33(27,28)25-9-11-31-12-10-25/h4-8,15-17H,9-14H2,1-3H3,(H,24,26). The number of hydrogen-bond acceptors (Lipinski definition) is 7. The lowest BCUT2D eigenvalue weighted by molar-refractivity contribution is 0.0730. The topological polar surface area (TPSA) is 103 Å². The summed E-state index contributed by atoms with van der Waals surface area (Å²) in [7, 11) is -0.542. The molecule has 0 spiro atoms. The number of carbonyl (C=O) groups excluding carboxylic acids is 1. The summed E-state index contributed by atoms with van der Waals surface area (Å²) in [6.07, 6.45) is 0. The third-order valence-corrected chi connectivity index (χ3v) is 7.18. The zero-order valence-corrected chi connectivity index (χ0v) is 19.9. The molecule has 2 aromatic carbocycles. The minimum atomic E-state index is -3.69. The maximum Gasteiger partial charge on any atom is 0.251 e. The van der Waals surface area contributed by atoms with Crippen LogP contribution in [0.5, 0.6) is 11.5 Å². The number of amides is 1. The fraction of sp³-hybridized carbons (Fsp3) is 0.435. The molecule has 0 saturated carbocycles. The van der Waals surface area contributed by atoms with E-state index in [1.54, 1.807) is 38.5 Å². The second-order valence-corrected chi connectivity index (χ2v) is 9.43. The molecule has 1 heterocycles. The first-order valence-electron chi connectivity index (χ1n) is 10.7. The van der Waals surface area contributed by atoms with Crippen LogP contribution in [-0.4, -0.2) is 72.4 Å². The van der Waals surface area contributed by atoms with E-state index in [0.717, 1.165) is 5.56 Å². The Morgan fingerprint density at radius 2 is 1.85 bits per heavy atom. The molecule has 2 aromatic rings. The van der Waals surface area contributed by atoms with Crippen molar-refractivity contribution in [3.05, 3.63) is 53.6 Å². The van der Waals surface area contributed by atoms with Crippen LogP contribution in [-0.2, 0) is 19.5 Å². The van der Waals surface area contributed by atoms with Crippen molar-refractivity contribution in [1.29, 1.82) is 0 Å². The molecule has 1 aliphatic rings. The minimum Gasteiger partial charge on any atom is -0.493 e. The summed E-state index contributed by atoms with van der Waals surface area (Å²) in [6.45, 7) is 3.99. The molecular formula is C23H30N2O7S. The first kappa shape index (κ1) is 25.0. The van der Waals surface area contributed by atoms with Crippen LogP contribution in [0.2, 0.25) is 0 Å². The summed E-state index contributed by atoms with van der Waals surface area (Å²) in [4.78, 5) is 13.0. The number of carbonyl (C=O) groups is 1. The van der Waals surface area contributed by atoms with Crippen molar-refractivity contribution >= 4 is 15.9 Å². The molecule has 1 fully saturated rings. The van der Waals surface area contributed by atoms with Gasteiger partial charge in [0.05, 0.1) is 37.9 Å². The molecule has 0 aromatic heterocycles. The highest BCUT2D eigenvalue weighted by Crippen LogP contribution is 2.30. The van der Waals surface area contributed by atoms with E-state index in [1.807, 2.05) is 13.0 Å². The van der Waals surface area contributed by atoms with E-state index in [1.165, 1.54) is 16.4 Å². The predicted octanol–water partition coefficient (Wildman–Crippen LogP) is 2.23. The summed E-state index contributed by atoms with van der Waals surface area (Å²) in [5.41, 5.74) is 1.08. The third-order valence-electron chi connectivity index (χ3n) is 5.28. The lowest BCUT2D eigenvalue weighted by Crippen LogP contribution is -2.40. The molecule has 1 aliphatic heterocycles. The smallest absolute Gasteiger partial charge is 0.251 e. The van der Waals surface area contributed by atoms with Gasteiger partial charge >= 0.3 is 0 Å². The molecule has 1 atom stereocenters. The second-order valence-electron chi connectivity index (χ2n) is 7.49. The maximum absolute atomic E-state index is 12.9. The number of sulfonamides is 1. The van der Waals surface area contributed by atoms with Crippen molar-refractivity contribution in [2.45, 2.75) is 17.9 Å². The molecule has 0 radical (unpaired) electrons. The fourth-order valence-corrected chi connectivity index (χ4v) is 4.86. The van der Waals surface area contributed by atoms with Crippen LogP contribution < -0.4 is 14.8 Å². The number of nitrogens with zero attached hydrogens (tertiary/aromatic N) is 1. The lowest BCUT2D eigenvalue weighted by atomic mass is 10.1. The van der Waals surface area contributed by atoms with E-state index in [-0.39, 0.29) is 22.4 Å². The van der Waals surface area contributed by atoms with Crippen LogP contribution in [0.4, 0.5) is 0 Å². The van der Waals surface area contributed by atoms with E-state index >= 15 is 0 Å². The van der Waals surface area contributed by atoms with E-state index in [0.29, 0.717) is 51.0 Å². The zero-order valence-electron chi connectivity index (χ0n) is 19.1. The SMILES string of the molecule is COCCOc1ccc(C(C)NC(=O)c2cccc(S(=O)(=O)N3CCOCC3)c2)cc1OC. The van der Waals surface area contributed by atoms with Gasteiger partial charge in [-0.25, -0.2) is 8.42 Å². The van der Waals surface area contributed by atoms with Gasteiger partial charge in [0.2, 0.25) is 10.0 Å². The number of hydrogen-bond donors (Lipinski definition) is 1. The molecule has 0 aliphatic carbocycles. The molecule has 1 N–H and O–H groups in total. The number of morpholine rings is 1. The third kappa shape index (κ3) is 6.23. The summed E-state index contributed by atoms with van der Waals surface area (Å²) >= 11 is 0. The van der Waals surface area contributed by atoms with Crippen molar-refractivity contribution in [2.75, 3.05) is 53.7 Å². The van der Waals surface area contributed by atoms with Crippen molar-refractivity contribution in [3.63, 3.8) is 0 Å². The highest BCUT2D eigenvalue weighted by Gasteiger charge is 2.27. The normalized spacial score (nSPS) is 15.6. The van der Waals surface area contributed by atoms with Gasteiger partial charge in [-0.05, 0) is 42.8 Å². The Balaban J connectivity index is 1.71. The molecule has 1 unspecified atom stereocenters. The van der Waals surface area contributed by atoms with Crippen molar-refractivity contribution in [1.82, 2.24) is 9.62 Å². The van der Waals surface area contributed by atoms with Gasteiger partial charge in [-0.15, -0.1) is 0 Å². The van der Waals surface area contributed by atoms with Crippen molar-refractivity contribution in [3.8, 4) is 11.5 Å². The van der Waals surface area contributed by atoms with E-state index < -0.39 is 10.0 Å². The first-order valence-corrected chi connectivity index (χ1v) is 12.1. The Hall–Kier alpha value is -2.66. The van der Waals surface area contributed by atoms with E-state index in [9.17, 15) is 13.2 Å². The van der Waals surface area contributed by atoms with Gasteiger partial charge in [0.15, 0.2) is 11.5 Å². The monoisotopic (exact) mass is 478 g/mol. The van der Waals surface area contributed by atoms with Crippen molar-refractivity contribution < 1.29 is 32.2 Å². The molecule has 3 rings (SSSR count). The molecule has 9 nitrogen and oxygen atoms in total. The average Bonchev–Trinajstić information content (AvgIpc) is 2.84. The summed E-state index contributed by atoms with van der Waals surface area (Å²) < 4.78 is 48.5. The maximum atomic E-state index is 12.9. The highest BCUT2D eigenvalue weighted by molar-refractivity contribution is 7.89. The Bertz CT molecular complexity index is 1050. The Kier molecular flexibility index (Phi) is 8.67. The molecule has 1 amide bonds. The quantitative estimate of drug-likeness (QED) is 0.522. The first-order chi connectivity index (χ1) is 15.9. The van der Waals surface area contributed by atoms with Crippen LogP contribution in [0.3, 0.4) is 0 Å². The van der Waals surface area contributed by atoms with E-state index in [4.69, 9.17) is 18.9 Å². The molecular weight excluding hydrogens is 448 g/mol. The Morgan fingerprint density at radius 1 is 1.09 bits per heavy atom. The van der Waals surface area contributed by atoms with Crippen LogP contribution in [0.1, 0.15) is 28.9 Å². The van der Waals surface area contributed by atoms with Crippen LogP contribution in [0, 0.1) is 0 Å². The van der Waals surface area contributed by atoms with Gasteiger partial charge < -0.3 is 24.3 Å². The van der Waals surface area contributed by atoms with Gasteiger partial charge in [-0.2, -0.15) is 4.31 Å². The van der Waals surface area contributed by atoms with Gasteiger partial charge in [0.25, 0.3) is 5.91 Å². The summed E-state index contributed by atoms with van der Waals surface area (Å²) in [5, 5.41) is 2.91. The molecule has 0 bridgehead atoms. The number of rotatable bonds is 10. The lowest BCUT2D eigenvalue weighted by Gasteiger charge is -2.26. The Morgan fingerprint density at radius 3 is 2.55 bits per heavy atom. The number of benzene rings is 2. The molecule has 10 heteroatoms. The number of methoxy groups -OCH3 is 2. The fourth-order valence-electron chi connectivity index (χ4n) is 3.40. The van der Waals surface area contributed by atoms with Gasteiger partial charge in [-0.1, -0.05) is 12.1 Å². The zero-order chi connectivity index (χ0) is 23.8. The van der Waals surface area contributed by atoms with Crippen LogP contribution in [0.25, 0.3) is 0 Å². The minimum absolute atomic E-state index is 0.0870. The summed E-state index contributed by atoms with van der Waals surface area (Å²) in [5.74, 6) is 0.752. The van der Waals surface area contributed by atoms with Gasteiger partial charge in [0.1, 0.15) is 6.61 Å². The van der Waals surface area contributed by atoms with Crippen LogP contribution in [0.15, 0.2) is 47.4 Å². The van der Waals surface area contributed by atoms with E-state index in [2.05, 4.69) is 5.32 Å². The summed E-state index contributed by atoms with van der Waals surface area (Å²) in [6, 6.07) is 11.1. The highest BCUT2D eigenvalue weighted by atomic mass is 32.2. The number of ether oxygens (including phenoxy) is 4. The van der Waals surface area contributed by atoms with Crippen molar-refractivity contribution in [2.24, 2.45) is 0 Å². The van der Waals surface area contributed by atoms with Gasteiger partial charge in [-0.3, -0.25) is 4.79 Å². The molecule has 33 heavy (non-hydrogen) atoms. The average molecular weight is 479 g/mol.